The highest BCUT2D eigenvalue weighted by molar-refractivity contribution is 7.80. The fraction of sp³-hybridized carbons (Fsp3) is 0.120. The van der Waals surface area contributed by atoms with Crippen LogP contribution in [0.15, 0.2) is 79.1 Å². The average Bonchev–Trinajstić information content (AvgIpc) is 3.59. The van der Waals surface area contributed by atoms with Crippen molar-refractivity contribution in [2.45, 2.75) is 12.1 Å². The van der Waals surface area contributed by atoms with Crippen molar-refractivity contribution in [1.82, 2.24) is 14.9 Å². The fourth-order valence-corrected chi connectivity index (χ4v) is 4.99. The van der Waals surface area contributed by atoms with E-state index in [1.807, 2.05) is 64.2 Å². The predicted octanol–water partition coefficient (Wildman–Crippen LogP) is 5.57. The molecule has 6 rings (SSSR count). The highest BCUT2D eigenvalue weighted by Crippen LogP contribution is 2.45. The molecule has 9 heteroatoms. The molecule has 0 radical (unpaired) electrons. The van der Waals surface area contributed by atoms with E-state index in [1.54, 1.807) is 18.3 Å². The largest absolute Gasteiger partial charge is 0.454 e. The first-order valence-corrected chi connectivity index (χ1v) is 11.4. The van der Waals surface area contributed by atoms with E-state index in [4.69, 9.17) is 33.3 Å². The number of anilines is 1. The van der Waals surface area contributed by atoms with Crippen LogP contribution in [-0.4, -0.2) is 21.5 Å². The van der Waals surface area contributed by atoms with Gasteiger partial charge in [-0.05, 0) is 66.8 Å². The summed E-state index contributed by atoms with van der Waals surface area (Å²) >= 11 is 11.9. The summed E-state index contributed by atoms with van der Waals surface area (Å²) in [4.78, 5) is 6.65. The summed E-state index contributed by atoms with van der Waals surface area (Å²) in [6, 6.07) is 19.7. The summed E-state index contributed by atoms with van der Waals surface area (Å²) in [6.45, 7) is 0.190. The molecule has 4 aromatic rings. The van der Waals surface area contributed by atoms with Crippen LogP contribution in [0.3, 0.4) is 0 Å². The molecular formula is C25H18ClFN4O2S. The van der Waals surface area contributed by atoms with Gasteiger partial charge in [0, 0.05) is 35.5 Å². The molecule has 1 saturated heterocycles. The van der Waals surface area contributed by atoms with Crippen LogP contribution in [0.2, 0.25) is 5.02 Å². The third-order valence-corrected chi connectivity index (χ3v) is 6.60. The Balaban J connectivity index is 1.50. The van der Waals surface area contributed by atoms with E-state index < -0.39 is 5.82 Å². The van der Waals surface area contributed by atoms with Crippen molar-refractivity contribution in [1.29, 1.82) is 0 Å². The molecular weight excluding hydrogens is 475 g/mol. The zero-order valence-electron chi connectivity index (χ0n) is 17.7. The third kappa shape index (κ3) is 3.46. The zero-order valence-corrected chi connectivity index (χ0v) is 19.3. The minimum absolute atomic E-state index is 0.0612. The monoisotopic (exact) mass is 492 g/mol. The molecule has 0 spiro atoms. The Morgan fingerprint density at radius 2 is 1.85 bits per heavy atom. The second kappa shape index (κ2) is 8.30. The SMILES string of the molecule is Fc1ccc(-n2cccc2[C@H]2[C@@H](c3ccccn3)NC(=S)N2c2ccc3c(c2)OCO3)cc1Cl. The number of halogens is 2. The van der Waals surface area contributed by atoms with Crippen LogP contribution in [0.4, 0.5) is 10.1 Å². The summed E-state index contributed by atoms with van der Waals surface area (Å²) in [5.41, 5.74) is 3.39. The number of benzene rings is 2. The van der Waals surface area contributed by atoms with Gasteiger partial charge in [0.2, 0.25) is 6.79 Å². The van der Waals surface area contributed by atoms with Gasteiger partial charge in [-0.15, -0.1) is 0 Å². The molecule has 0 amide bonds. The molecule has 34 heavy (non-hydrogen) atoms. The highest BCUT2D eigenvalue weighted by atomic mass is 35.5. The maximum absolute atomic E-state index is 13.9. The Labute approximate surface area is 205 Å². The summed E-state index contributed by atoms with van der Waals surface area (Å²) in [5, 5.41) is 4.07. The first-order valence-electron chi connectivity index (χ1n) is 10.6. The lowest BCUT2D eigenvalue weighted by atomic mass is 10.0. The van der Waals surface area contributed by atoms with Crippen molar-refractivity contribution in [2.24, 2.45) is 0 Å². The smallest absolute Gasteiger partial charge is 0.231 e. The average molecular weight is 493 g/mol. The lowest BCUT2D eigenvalue weighted by molar-refractivity contribution is 0.174. The molecule has 0 saturated carbocycles. The van der Waals surface area contributed by atoms with Crippen LogP contribution >= 0.6 is 23.8 Å². The van der Waals surface area contributed by atoms with Gasteiger partial charge in [0.25, 0.3) is 0 Å². The molecule has 1 N–H and O–H groups in total. The van der Waals surface area contributed by atoms with Gasteiger partial charge in [0.1, 0.15) is 11.9 Å². The van der Waals surface area contributed by atoms with E-state index in [2.05, 4.69) is 10.3 Å². The normalized spacial score (nSPS) is 18.9. The molecule has 170 valence electrons. The van der Waals surface area contributed by atoms with Crippen LogP contribution in [0, 0.1) is 5.82 Å². The fourth-order valence-electron chi connectivity index (χ4n) is 4.47. The molecule has 0 unspecified atom stereocenters. The van der Waals surface area contributed by atoms with Crippen molar-refractivity contribution >= 4 is 34.6 Å². The number of nitrogens with zero attached hydrogens (tertiary/aromatic N) is 3. The number of pyridine rings is 1. The van der Waals surface area contributed by atoms with Crippen LogP contribution < -0.4 is 19.7 Å². The second-order valence-electron chi connectivity index (χ2n) is 7.94. The van der Waals surface area contributed by atoms with E-state index in [-0.39, 0.29) is 23.9 Å². The summed E-state index contributed by atoms with van der Waals surface area (Å²) in [7, 11) is 0. The quantitative estimate of drug-likeness (QED) is 0.376. The molecule has 2 aliphatic rings. The van der Waals surface area contributed by atoms with Gasteiger partial charge in [0.15, 0.2) is 16.6 Å². The van der Waals surface area contributed by atoms with E-state index in [1.165, 1.54) is 6.07 Å². The Hall–Kier alpha value is -3.62. The van der Waals surface area contributed by atoms with Crippen molar-refractivity contribution in [3.63, 3.8) is 0 Å². The van der Waals surface area contributed by atoms with Crippen LogP contribution in [0.1, 0.15) is 23.5 Å². The lowest BCUT2D eigenvalue weighted by Crippen LogP contribution is -2.30. The van der Waals surface area contributed by atoms with Crippen molar-refractivity contribution in [3.05, 3.63) is 101 Å². The number of rotatable bonds is 4. The molecule has 2 aliphatic heterocycles. The lowest BCUT2D eigenvalue weighted by Gasteiger charge is -2.29. The standard InChI is InChI=1S/C25H18ClFN4O2S/c26-17-12-15(6-8-18(17)27)30-11-3-5-20(30)24-23(19-4-1-2-10-28-19)29-25(34)31(24)16-7-9-21-22(13-16)33-14-32-21/h1-13,23-24H,14H2,(H,29,34)/t23-,24+/m1/s1. The minimum Gasteiger partial charge on any atom is -0.454 e. The number of aromatic nitrogens is 2. The maximum atomic E-state index is 13.9. The molecule has 2 aromatic heterocycles. The number of ether oxygens (including phenoxy) is 2. The van der Waals surface area contributed by atoms with Crippen LogP contribution in [0.5, 0.6) is 11.5 Å². The second-order valence-corrected chi connectivity index (χ2v) is 8.73. The predicted molar refractivity (Wildman–Crippen MR) is 131 cm³/mol. The van der Waals surface area contributed by atoms with Crippen molar-refractivity contribution in [2.75, 3.05) is 11.7 Å². The number of hydrogen-bond donors (Lipinski definition) is 1. The van der Waals surface area contributed by atoms with Crippen molar-refractivity contribution < 1.29 is 13.9 Å². The highest BCUT2D eigenvalue weighted by Gasteiger charge is 2.42. The maximum Gasteiger partial charge on any atom is 0.231 e. The van der Waals surface area contributed by atoms with Gasteiger partial charge in [-0.2, -0.15) is 0 Å². The molecule has 1 fully saturated rings. The molecule has 4 heterocycles. The molecule has 2 atom stereocenters. The number of fused-ring (bicyclic) bond motifs is 1. The van der Waals surface area contributed by atoms with E-state index in [0.29, 0.717) is 16.6 Å². The molecule has 2 aromatic carbocycles. The minimum atomic E-state index is -0.462. The number of thiocarbonyl (C=S) groups is 1. The van der Waals surface area contributed by atoms with Crippen LogP contribution in [-0.2, 0) is 0 Å². The van der Waals surface area contributed by atoms with Gasteiger partial charge in [-0.1, -0.05) is 17.7 Å². The zero-order chi connectivity index (χ0) is 23.2. The van der Waals surface area contributed by atoms with Gasteiger partial charge in [-0.25, -0.2) is 4.39 Å². The Morgan fingerprint density at radius 3 is 2.68 bits per heavy atom. The van der Waals surface area contributed by atoms with Gasteiger partial charge in [-0.3, -0.25) is 4.98 Å². The first kappa shape index (κ1) is 20.9. The summed E-state index contributed by atoms with van der Waals surface area (Å²) < 4.78 is 26.9. The number of hydrogen-bond acceptors (Lipinski definition) is 4. The summed E-state index contributed by atoms with van der Waals surface area (Å²) in [6.07, 6.45) is 3.69. The van der Waals surface area contributed by atoms with Crippen molar-refractivity contribution in [3.8, 4) is 17.2 Å². The van der Waals surface area contributed by atoms with Gasteiger partial charge >= 0.3 is 0 Å². The van der Waals surface area contributed by atoms with E-state index >= 15 is 0 Å². The molecule has 0 aliphatic carbocycles. The number of nitrogens with one attached hydrogen (secondary N) is 1. The topological polar surface area (TPSA) is 51.6 Å². The third-order valence-electron chi connectivity index (χ3n) is 6.00. The van der Waals surface area contributed by atoms with E-state index in [0.717, 1.165) is 22.8 Å². The van der Waals surface area contributed by atoms with E-state index in [9.17, 15) is 4.39 Å². The molecule has 0 bridgehead atoms. The Kier molecular flexibility index (Phi) is 5.12. The van der Waals surface area contributed by atoms with Gasteiger partial charge < -0.3 is 24.3 Å². The summed E-state index contributed by atoms with van der Waals surface area (Å²) in [5.74, 6) is 0.904. The van der Waals surface area contributed by atoms with Gasteiger partial charge in [0.05, 0.1) is 16.8 Å². The Morgan fingerprint density at radius 1 is 1.00 bits per heavy atom. The first-order chi connectivity index (χ1) is 16.6. The van der Waals surface area contributed by atoms with Crippen LogP contribution in [0.25, 0.3) is 5.69 Å². The molecule has 6 nitrogen and oxygen atoms in total. The Bertz CT molecular complexity index is 1400.